The highest BCUT2D eigenvalue weighted by Crippen LogP contribution is 2.35. The molecular weight excluding hydrogens is 314 g/mol. The van der Waals surface area contributed by atoms with Gasteiger partial charge < -0.3 is 30.1 Å². The second-order valence-corrected chi connectivity index (χ2v) is 5.94. The highest BCUT2D eigenvalue weighted by atomic mass is 16.6. The molecular formula is C16H21N3O5. The zero-order chi connectivity index (χ0) is 17.1. The van der Waals surface area contributed by atoms with Crippen molar-refractivity contribution in [1.82, 2.24) is 10.6 Å². The van der Waals surface area contributed by atoms with Gasteiger partial charge in [0.05, 0.1) is 12.1 Å². The lowest BCUT2D eigenvalue weighted by atomic mass is 10.2. The Balaban J connectivity index is 1.61. The lowest BCUT2D eigenvalue weighted by Gasteiger charge is -2.22. The summed E-state index contributed by atoms with van der Waals surface area (Å²) >= 11 is 0. The minimum atomic E-state index is -0.616. The van der Waals surface area contributed by atoms with Crippen molar-refractivity contribution in [1.29, 1.82) is 0 Å². The van der Waals surface area contributed by atoms with E-state index in [4.69, 9.17) is 14.6 Å². The van der Waals surface area contributed by atoms with Crippen molar-refractivity contribution in [2.24, 2.45) is 0 Å². The number of hydrogen-bond donors (Lipinski definition) is 3. The Kier molecular flexibility index (Phi) is 4.75. The van der Waals surface area contributed by atoms with E-state index < -0.39 is 12.1 Å². The van der Waals surface area contributed by atoms with Gasteiger partial charge in [-0.2, -0.15) is 0 Å². The number of nitrogens with one attached hydrogen (secondary N) is 2. The van der Waals surface area contributed by atoms with Crippen molar-refractivity contribution < 1.29 is 24.2 Å². The van der Waals surface area contributed by atoms with Crippen LogP contribution in [0.3, 0.4) is 0 Å². The van der Waals surface area contributed by atoms with E-state index in [0.717, 1.165) is 5.69 Å². The Morgan fingerprint density at radius 3 is 2.88 bits per heavy atom. The Labute approximate surface area is 139 Å². The van der Waals surface area contributed by atoms with E-state index in [9.17, 15) is 9.59 Å². The van der Waals surface area contributed by atoms with E-state index in [-0.39, 0.29) is 24.9 Å². The molecule has 3 N–H and O–H groups in total. The second kappa shape index (κ2) is 6.96. The molecule has 0 aliphatic carbocycles. The molecule has 2 atom stereocenters. The molecule has 1 saturated heterocycles. The van der Waals surface area contributed by atoms with Crippen molar-refractivity contribution in [2.75, 3.05) is 31.2 Å². The van der Waals surface area contributed by atoms with Crippen LogP contribution in [0.4, 0.5) is 10.5 Å². The smallest absolute Gasteiger partial charge is 0.315 e. The van der Waals surface area contributed by atoms with Crippen molar-refractivity contribution in [3.05, 3.63) is 18.2 Å². The average molecular weight is 335 g/mol. The summed E-state index contributed by atoms with van der Waals surface area (Å²) in [5, 5.41) is 14.5. The number of aliphatic hydroxyl groups is 1. The number of carbonyl (C=O) groups is 2. The number of nitrogens with zero attached hydrogens (tertiary/aromatic N) is 1. The molecule has 8 heteroatoms. The summed E-state index contributed by atoms with van der Waals surface area (Å²) in [4.78, 5) is 25.6. The molecule has 0 radical (unpaired) electrons. The van der Waals surface area contributed by atoms with Crippen LogP contribution in [-0.2, 0) is 4.79 Å². The van der Waals surface area contributed by atoms with Gasteiger partial charge in [-0.05, 0) is 19.1 Å². The second-order valence-electron chi connectivity index (χ2n) is 5.94. The van der Waals surface area contributed by atoms with E-state index in [1.807, 2.05) is 0 Å². The van der Waals surface area contributed by atoms with Crippen LogP contribution in [0.25, 0.3) is 0 Å². The minimum absolute atomic E-state index is 0.0625. The SMILES string of the molecule is C[C@H](O)CNC(=O)N[C@H]1CC(=O)N(c2ccc3c(c2)OCCO3)C1. The van der Waals surface area contributed by atoms with E-state index in [1.165, 1.54) is 0 Å². The molecule has 24 heavy (non-hydrogen) atoms. The first kappa shape index (κ1) is 16.4. The maximum Gasteiger partial charge on any atom is 0.315 e. The summed E-state index contributed by atoms with van der Waals surface area (Å²) in [6.45, 7) is 3.14. The molecule has 1 fully saturated rings. The van der Waals surface area contributed by atoms with Gasteiger partial charge in [0.1, 0.15) is 13.2 Å². The Morgan fingerprint density at radius 1 is 1.38 bits per heavy atom. The maximum absolute atomic E-state index is 12.2. The summed E-state index contributed by atoms with van der Waals surface area (Å²) in [6.07, 6.45) is -0.383. The third-order valence-electron chi connectivity index (χ3n) is 3.86. The van der Waals surface area contributed by atoms with Crippen molar-refractivity contribution in [3.8, 4) is 11.5 Å². The number of fused-ring (bicyclic) bond motifs is 1. The van der Waals surface area contributed by atoms with Crippen LogP contribution in [0.15, 0.2) is 18.2 Å². The summed E-state index contributed by atoms with van der Waals surface area (Å²) in [6, 6.07) is 4.70. The summed E-state index contributed by atoms with van der Waals surface area (Å²) in [5.74, 6) is 1.23. The molecule has 3 amide bonds. The number of ether oxygens (including phenoxy) is 2. The molecule has 0 spiro atoms. The number of aliphatic hydroxyl groups excluding tert-OH is 1. The highest BCUT2D eigenvalue weighted by Gasteiger charge is 2.32. The molecule has 0 bridgehead atoms. The van der Waals surface area contributed by atoms with Gasteiger partial charge in [-0.1, -0.05) is 0 Å². The number of carbonyl (C=O) groups excluding carboxylic acids is 2. The van der Waals surface area contributed by atoms with Crippen LogP contribution in [0.5, 0.6) is 11.5 Å². The van der Waals surface area contributed by atoms with E-state index in [2.05, 4.69) is 10.6 Å². The van der Waals surface area contributed by atoms with Crippen molar-refractivity contribution >= 4 is 17.6 Å². The van der Waals surface area contributed by atoms with Gasteiger partial charge in [-0.15, -0.1) is 0 Å². The van der Waals surface area contributed by atoms with Gasteiger partial charge in [-0.25, -0.2) is 4.79 Å². The predicted molar refractivity (Wildman–Crippen MR) is 86.4 cm³/mol. The first-order valence-corrected chi connectivity index (χ1v) is 7.95. The Morgan fingerprint density at radius 2 is 2.12 bits per heavy atom. The molecule has 0 aromatic heterocycles. The van der Waals surface area contributed by atoms with Gasteiger partial charge >= 0.3 is 6.03 Å². The van der Waals surface area contributed by atoms with Crippen molar-refractivity contribution in [3.63, 3.8) is 0 Å². The first-order chi connectivity index (χ1) is 11.5. The van der Waals surface area contributed by atoms with Crippen LogP contribution in [0.2, 0.25) is 0 Å². The normalized spacial score (nSPS) is 20.7. The molecule has 130 valence electrons. The molecule has 0 unspecified atom stereocenters. The predicted octanol–water partition coefficient (Wildman–Crippen LogP) is 0.243. The fourth-order valence-electron chi connectivity index (χ4n) is 2.73. The van der Waals surface area contributed by atoms with Crippen LogP contribution in [-0.4, -0.2) is 55.5 Å². The van der Waals surface area contributed by atoms with Gasteiger partial charge in [-0.3, -0.25) is 4.79 Å². The number of hydrogen-bond acceptors (Lipinski definition) is 5. The summed E-state index contributed by atoms with van der Waals surface area (Å²) < 4.78 is 11.0. The topological polar surface area (TPSA) is 100 Å². The minimum Gasteiger partial charge on any atom is -0.486 e. The van der Waals surface area contributed by atoms with E-state index in [0.29, 0.717) is 31.3 Å². The summed E-state index contributed by atoms with van der Waals surface area (Å²) in [5.41, 5.74) is 0.720. The van der Waals surface area contributed by atoms with Gasteiger partial charge in [0, 0.05) is 31.3 Å². The van der Waals surface area contributed by atoms with Crippen LogP contribution >= 0.6 is 0 Å². The highest BCUT2D eigenvalue weighted by molar-refractivity contribution is 5.97. The van der Waals surface area contributed by atoms with Crippen LogP contribution < -0.4 is 25.0 Å². The zero-order valence-corrected chi connectivity index (χ0v) is 13.4. The number of benzene rings is 1. The van der Waals surface area contributed by atoms with Gasteiger partial charge in [0.2, 0.25) is 5.91 Å². The Bertz CT molecular complexity index is 634. The third-order valence-corrected chi connectivity index (χ3v) is 3.86. The van der Waals surface area contributed by atoms with Crippen molar-refractivity contribution in [2.45, 2.75) is 25.5 Å². The molecule has 1 aromatic rings. The standard InChI is InChI=1S/C16H21N3O5/c1-10(20)8-17-16(22)18-11-6-15(21)19(9-11)12-2-3-13-14(7-12)24-5-4-23-13/h2-3,7,10-11,20H,4-6,8-9H2,1H3,(H2,17,18,22)/t10-,11-/m0/s1. The molecule has 2 aliphatic heterocycles. The van der Waals surface area contributed by atoms with E-state index >= 15 is 0 Å². The average Bonchev–Trinajstić information content (AvgIpc) is 2.92. The third kappa shape index (κ3) is 3.70. The van der Waals surface area contributed by atoms with Gasteiger partial charge in [0.25, 0.3) is 0 Å². The number of anilines is 1. The number of urea groups is 1. The fraction of sp³-hybridized carbons (Fsp3) is 0.500. The monoisotopic (exact) mass is 335 g/mol. The largest absolute Gasteiger partial charge is 0.486 e. The molecule has 8 nitrogen and oxygen atoms in total. The van der Waals surface area contributed by atoms with Crippen LogP contribution in [0, 0.1) is 0 Å². The molecule has 2 aliphatic rings. The maximum atomic E-state index is 12.2. The molecule has 0 saturated carbocycles. The molecule has 2 heterocycles. The number of amides is 3. The number of rotatable bonds is 4. The zero-order valence-electron chi connectivity index (χ0n) is 13.4. The lowest BCUT2D eigenvalue weighted by Crippen LogP contribution is -2.45. The molecule has 3 rings (SSSR count). The molecule has 1 aromatic carbocycles. The fourth-order valence-corrected chi connectivity index (χ4v) is 2.73. The summed E-state index contributed by atoms with van der Waals surface area (Å²) in [7, 11) is 0. The lowest BCUT2D eigenvalue weighted by molar-refractivity contribution is -0.117. The quantitative estimate of drug-likeness (QED) is 0.732. The van der Waals surface area contributed by atoms with Crippen LogP contribution in [0.1, 0.15) is 13.3 Å². The van der Waals surface area contributed by atoms with Gasteiger partial charge in [0.15, 0.2) is 11.5 Å². The van der Waals surface area contributed by atoms with E-state index in [1.54, 1.807) is 30.0 Å². The Hall–Kier alpha value is -2.48. The first-order valence-electron chi connectivity index (χ1n) is 7.95.